The summed E-state index contributed by atoms with van der Waals surface area (Å²) in [7, 11) is 1.61. The second kappa shape index (κ2) is 7.23. The summed E-state index contributed by atoms with van der Waals surface area (Å²) in [6.45, 7) is 3.87. The summed E-state index contributed by atoms with van der Waals surface area (Å²) in [5.74, 6) is 0.171. The van der Waals surface area contributed by atoms with E-state index in [1.54, 1.807) is 23.7 Å². The summed E-state index contributed by atoms with van der Waals surface area (Å²) in [6.07, 6.45) is 1.26. The summed E-state index contributed by atoms with van der Waals surface area (Å²) >= 11 is 5.04. The number of thioether (sulfide) groups is 1. The van der Waals surface area contributed by atoms with Gasteiger partial charge in [0.1, 0.15) is 6.04 Å². The maximum atomic E-state index is 12.8. The lowest BCUT2D eigenvalue weighted by Gasteiger charge is -2.31. The number of carbonyl (C=O) groups is 3. The van der Waals surface area contributed by atoms with E-state index in [4.69, 9.17) is 0 Å². The minimum absolute atomic E-state index is 0.0270. The zero-order chi connectivity index (χ0) is 19.1. The molecule has 1 N–H and O–H groups in total. The van der Waals surface area contributed by atoms with Gasteiger partial charge in [0.2, 0.25) is 17.7 Å². The van der Waals surface area contributed by atoms with E-state index in [0.717, 1.165) is 22.1 Å². The van der Waals surface area contributed by atoms with Crippen molar-refractivity contribution in [3.8, 4) is 0 Å². The van der Waals surface area contributed by atoms with Crippen LogP contribution in [0.25, 0.3) is 0 Å². The maximum Gasteiger partial charge on any atom is 0.246 e. The normalized spacial score (nSPS) is 24.5. The van der Waals surface area contributed by atoms with Crippen LogP contribution >= 0.6 is 27.7 Å². The summed E-state index contributed by atoms with van der Waals surface area (Å²) in [6, 6.07) is 5.11. The molecule has 8 heteroatoms. The van der Waals surface area contributed by atoms with Crippen molar-refractivity contribution >= 4 is 51.1 Å². The lowest BCUT2D eigenvalue weighted by Crippen LogP contribution is -2.51. The van der Waals surface area contributed by atoms with Gasteiger partial charge in [0, 0.05) is 29.4 Å². The number of rotatable bonds is 4. The summed E-state index contributed by atoms with van der Waals surface area (Å²) in [4.78, 5) is 40.2. The summed E-state index contributed by atoms with van der Waals surface area (Å²) < 4.78 is 0.942. The SMILES string of the molecule is Cc1cc(Br)ccc1NC(=O)CN(C)C(=O)[C@H]1CS[C@]2(C)CCC(=O)N12. The average Bonchev–Trinajstić information content (AvgIpc) is 3.06. The third-order valence-corrected chi connectivity index (χ3v) is 6.95. The minimum atomic E-state index is -0.479. The minimum Gasteiger partial charge on any atom is -0.335 e. The fourth-order valence-corrected chi connectivity index (χ4v) is 5.41. The van der Waals surface area contributed by atoms with E-state index in [-0.39, 0.29) is 29.1 Å². The van der Waals surface area contributed by atoms with Crippen LogP contribution in [0.2, 0.25) is 0 Å². The molecule has 2 saturated heterocycles. The number of aryl methyl sites for hydroxylation is 1. The third kappa shape index (κ3) is 3.62. The van der Waals surface area contributed by atoms with Crippen LogP contribution in [0.15, 0.2) is 22.7 Å². The number of halogens is 1. The number of benzene rings is 1. The molecule has 0 bridgehead atoms. The molecular weight excluding hydrogens is 418 g/mol. The largest absolute Gasteiger partial charge is 0.335 e. The van der Waals surface area contributed by atoms with Gasteiger partial charge in [-0.05, 0) is 44.0 Å². The van der Waals surface area contributed by atoms with Crippen LogP contribution in [-0.2, 0) is 14.4 Å². The van der Waals surface area contributed by atoms with E-state index in [2.05, 4.69) is 21.2 Å². The molecule has 2 aliphatic rings. The van der Waals surface area contributed by atoms with Crippen molar-refractivity contribution in [2.24, 2.45) is 0 Å². The van der Waals surface area contributed by atoms with Crippen molar-refractivity contribution in [3.05, 3.63) is 28.2 Å². The van der Waals surface area contributed by atoms with E-state index >= 15 is 0 Å². The molecule has 1 aromatic carbocycles. The zero-order valence-electron chi connectivity index (χ0n) is 15.0. The average molecular weight is 440 g/mol. The van der Waals surface area contributed by atoms with Crippen molar-refractivity contribution < 1.29 is 14.4 Å². The Labute approximate surface area is 165 Å². The number of carbonyl (C=O) groups excluding carboxylic acids is 3. The highest BCUT2D eigenvalue weighted by atomic mass is 79.9. The first-order valence-electron chi connectivity index (χ1n) is 8.48. The van der Waals surface area contributed by atoms with Gasteiger partial charge >= 0.3 is 0 Å². The highest BCUT2D eigenvalue weighted by Crippen LogP contribution is 2.47. The Kier molecular flexibility index (Phi) is 5.35. The molecular formula is C18H22BrN3O3S. The highest BCUT2D eigenvalue weighted by molar-refractivity contribution is 9.10. The standard InChI is InChI=1S/C18H22BrN3O3S/c1-11-8-12(19)4-5-13(11)20-15(23)9-21(3)17(25)14-10-26-18(2)7-6-16(24)22(14)18/h4-5,8,14H,6-7,9-10H2,1-3H3,(H,20,23)/t14-,18-/m1/s1. The molecule has 2 heterocycles. The van der Waals surface area contributed by atoms with E-state index in [1.807, 2.05) is 32.0 Å². The molecule has 26 heavy (non-hydrogen) atoms. The van der Waals surface area contributed by atoms with Crippen LogP contribution in [0.5, 0.6) is 0 Å². The molecule has 0 radical (unpaired) electrons. The first-order valence-corrected chi connectivity index (χ1v) is 10.3. The van der Waals surface area contributed by atoms with Gasteiger partial charge in [-0.3, -0.25) is 14.4 Å². The van der Waals surface area contributed by atoms with Crippen LogP contribution < -0.4 is 5.32 Å². The fourth-order valence-electron chi connectivity index (χ4n) is 3.51. The van der Waals surface area contributed by atoms with Gasteiger partial charge in [-0.25, -0.2) is 0 Å². The predicted octanol–water partition coefficient (Wildman–Crippen LogP) is 2.61. The van der Waals surface area contributed by atoms with E-state index < -0.39 is 6.04 Å². The molecule has 0 unspecified atom stereocenters. The number of likely N-dealkylation sites (N-methyl/N-ethyl adjacent to an activating group) is 1. The van der Waals surface area contributed by atoms with E-state index in [1.165, 1.54) is 4.90 Å². The number of anilines is 1. The summed E-state index contributed by atoms with van der Waals surface area (Å²) in [5, 5.41) is 2.84. The van der Waals surface area contributed by atoms with Gasteiger partial charge in [-0.15, -0.1) is 11.8 Å². The monoisotopic (exact) mass is 439 g/mol. The highest BCUT2D eigenvalue weighted by Gasteiger charge is 2.53. The first kappa shape index (κ1) is 19.2. The van der Waals surface area contributed by atoms with Gasteiger partial charge < -0.3 is 15.1 Å². The third-order valence-electron chi connectivity index (χ3n) is 4.95. The van der Waals surface area contributed by atoms with Crippen LogP contribution in [0, 0.1) is 6.92 Å². The van der Waals surface area contributed by atoms with Gasteiger partial charge in [0.15, 0.2) is 0 Å². The van der Waals surface area contributed by atoms with Crippen molar-refractivity contribution in [1.29, 1.82) is 0 Å². The molecule has 3 amide bonds. The lowest BCUT2D eigenvalue weighted by molar-refractivity contribution is -0.143. The molecule has 140 valence electrons. The molecule has 0 aliphatic carbocycles. The van der Waals surface area contributed by atoms with E-state index in [9.17, 15) is 14.4 Å². The van der Waals surface area contributed by atoms with E-state index in [0.29, 0.717) is 12.2 Å². The molecule has 2 atom stereocenters. The first-order chi connectivity index (χ1) is 12.2. The maximum absolute atomic E-state index is 12.8. The number of nitrogens with one attached hydrogen (secondary N) is 1. The Morgan fingerprint density at radius 1 is 1.46 bits per heavy atom. The summed E-state index contributed by atoms with van der Waals surface area (Å²) in [5.41, 5.74) is 1.66. The molecule has 6 nitrogen and oxygen atoms in total. The smallest absolute Gasteiger partial charge is 0.246 e. The number of hydrogen-bond donors (Lipinski definition) is 1. The van der Waals surface area contributed by atoms with Crippen LogP contribution in [0.4, 0.5) is 5.69 Å². The predicted molar refractivity (Wildman–Crippen MR) is 106 cm³/mol. The van der Waals surface area contributed by atoms with Crippen molar-refractivity contribution in [1.82, 2.24) is 9.80 Å². The second-order valence-corrected chi connectivity index (χ2v) is 9.38. The fraction of sp³-hybridized carbons (Fsp3) is 0.500. The Morgan fingerprint density at radius 2 is 2.19 bits per heavy atom. The lowest BCUT2D eigenvalue weighted by atomic mass is 10.2. The van der Waals surface area contributed by atoms with Crippen LogP contribution in [0.3, 0.4) is 0 Å². The quantitative estimate of drug-likeness (QED) is 0.782. The zero-order valence-corrected chi connectivity index (χ0v) is 17.4. The molecule has 0 saturated carbocycles. The van der Waals surface area contributed by atoms with Crippen molar-refractivity contribution in [2.75, 3.05) is 24.7 Å². The van der Waals surface area contributed by atoms with Gasteiger partial charge in [-0.1, -0.05) is 15.9 Å². The molecule has 1 aromatic rings. The topological polar surface area (TPSA) is 69.7 Å². The van der Waals surface area contributed by atoms with Crippen LogP contribution in [-0.4, -0.2) is 57.8 Å². The Bertz CT molecular complexity index is 772. The number of hydrogen-bond acceptors (Lipinski definition) is 4. The van der Waals surface area contributed by atoms with Crippen LogP contribution in [0.1, 0.15) is 25.3 Å². The Morgan fingerprint density at radius 3 is 2.88 bits per heavy atom. The Balaban J connectivity index is 1.62. The molecule has 2 fully saturated rings. The van der Waals surface area contributed by atoms with Gasteiger partial charge in [0.25, 0.3) is 0 Å². The number of fused-ring (bicyclic) bond motifs is 1. The number of amides is 3. The van der Waals surface area contributed by atoms with Crippen molar-refractivity contribution in [2.45, 2.75) is 37.6 Å². The van der Waals surface area contributed by atoms with Gasteiger partial charge in [-0.2, -0.15) is 0 Å². The second-order valence-electron chi connectivity index (χ2n) is 6.97. The molecule has 2 aliphatic heterocycles. The Hall–Kier alpha value is -1.54. The molecule has 0 aromatic heterocycles. The van der Waals surface area contributed by atoms with Crippen molar-refractivity contribution in [3.63, 3.8) is 0 Å². The molecule has 0 spiro atoms. The van der Waals surface area contributed by atoms with Gasteiger partial charge in [0.05, 0.1) is 11.4 Å². The molecule has 3 rings (SSSR count). The number of nitrogens with zero attached hydrogens (tertiary/aromatic N) is 2.